The summed E-state index contributed by atoms with van der Waals surface area (Å²) in [6.07, 6.45) is 0.272. The van der Waals surface area contributed by atoms with E-state index in [1.807, 2.05) is 40.6 Å². The average Bonchev–Trinajstić information content (AvgIpc) is 3.24. The van der Waals surface area contributed by atoms with E-state index in [9.17, 15) is 4.79 Å². The van der Waals surface area contributed by atoms with E-state index in [1.165, 1.54) is 33.6 Å². The maximum atomic E-state index is 13.3. The van der Waals surface area contributed by atoms with Crippen LogP contribution in [-0.2, 0) is 24.3 Å². The molecule has 1 aliphatic rings. The van der Waals surface area contributed by atoms with Gasteiger partial charge in [-0.05, 0) is 40.5 Å². The zero-order valence-corrected chi connectivity index (χ0v) is 19.4. The molecule has 0 N–H and O–H groups in total. The molecular formula is C27H24N2O3S. The van der Waals surface area contributed by atoms with Crippen molar-refractivity contribution in [3.8, 4) is 33.2 Å². The Balaban J connectivity index is 1.37. The van der Waals surface area contributed by atoms with Crippen LogP contribution in [0.3, 0.4) is 0 Å². The van der Waals surface area contributed by atoms with Gasteiger partial charge in [-0.2, -0.15) is 0 Å². The second-order valence-corrected chi connectivity index (χ2v) is 8.81. The van der Waals surface area contributed by atoms with Gasteiger partial charge in [0.05, 0.1) is 26.3 Å². The number of hydrogen-bond acceptors (Lipinski definition) is 5. The monoisotopic (exact) mass is 456 g/mol. The summed E-state index contributed by atoms with van der Waals surface area (Å²) in [5.74, 6) is 1.41. The molecule has 6 heteroatoms. The molecule has 5 rings (SSSR count). The Kier molecular flexibility index (Phi) is 5.84. The van der Waals surface area contributed by atoms with Crippen molar-refractivity contribution in [2.45, 2.75) is 19.5 Å². The number of thiazole rings is 1. The summed E-state index contributed by atoms with van der Waals surface area (Å²) in [4.78, 5) is 20.0. The molecule has 3 aromatic carbocycles. The Morgan fingerprint density at radius 2 is 1.55 bits per heavy atom. The van der Waals surface area contributed by atoms with Gasteiger partial charge in [0.1, 0.15) is 5.01 Å². The number of benzene rings is 3. The summed E-state index contributed by atoms with van der Waals surface area (Å²) in [6.45, 7) is 1.19. The molecule has 1 amide bonds. The minimum atomic E-state index is 0.0747. The summed E-state index contributed by atoms with van der Waals surface area (Å²) in [5, 5.41) is 2.81. The number of fused-ring (bicyclic) bond motifs is 3. The number of nitrogens with zero attached hydrogens (tertiary/aromatic N) is 2. The van der Waals surface area contributed by atoms with E-state index in [4.69, 9.17) is 14.5 Å². The van der Waals surface area contributed by atoms with E-state index < -0.39 is 0 Å². The molecule has 0 bridgehead atoms. The molecule has 0 unspecified atom stereocenters. The first-order valence-corrected chi connectivity index (χ1v) is 11.6. The number of carbonyl (C=O) groups is 1. The van der Waals surface area contributed by atoms with Crippen LogP contribution >= 0.6 is 11.3 Å². The van der Waals surface area contributed by atoms with Crippen LogP contribution in [0.2, 0.25) is 0 Å². The average molecular weight is 457 g/mol. The maximum Gasteiger partial charge on any atom is 0.229 e. The fraction of sp³-hybridized carbons (Fsp3) is 0.185. The first-order chi connectivity index (χ1) is 16.2. The van der Waals surface area contributed by atoms with E-state index in [1.54, 1.807) is 14.2 Å². The van der Waals surface area contributed by atoms with Crippen LogP contribution in [0.1, 0.15) is 16.8 Å². The van der Waals surface area contributed by atoms with Gasteiger partial charge in [-0.25, -0.2) is 4.98 Å². The minimum Gasteiger partial charge on any atom is -0.493 e. The van der Waals surface area contributed by atoms with E-state index in [0.717, 1.165) is 16.3 Å². The van der Waals surface area contributed by atoms with Gasteiger partial charge in [0.15, 0.2) is 11.5 Å². The Hall–Kier alpha value is -3.64. The number of amides is 1. The lowest BCUT2D eigenvalue weighted by Crippen LogP contribution is -2.30. The van der Waals surface area contributed by atoms with Crippen molar-refractivity contribution >= 4 is 17.2 Å². The third-order valence-corrected chi connectivity index (χ3v) is 6.85. The second kappa shape index (κ2) is 9.08. The largest absolute Gasteiger partial charge is 0.493 e. The van der Waals surface area contributed by atoms with Crippen molar-refractivity contribution < 1.29 is 14.3 Å². The molecule has 0 saturated heterocycles. The summed E-state index contributed by atoms with van der Waals surface area (Å²) in [7, 11) is 3.23. The number of rotatable bonds is 5. The predicted octanol–water partition coefficient (Wildman–Crippen LogP) is 5.58. The standard InChI is InChI=1S/C27H24N2O3S/c1-31-24-12-11-18(13-25(24)32-2)27-28-21(17-33-27)14-26(30)29-15-19-7-3-5-9-22(19)23-10-6-4-8-20(23)16-29/h3-13,17H,14-16H2,1-2H3. The van der Waals surface area contributed by atoms with Gasteiger partial charge in [0.2, 0.25) is 5.91 Å². The highest BCUT2D eigenvalue weighted by molar-refractivity contribution is 7.13. The molecule has 2 heterocycles. The molecule has 4 aromatic rings. The lowest BCUT2D eigenvalue weighted by Gasteiger charge is -2.21. The predicted molar refractivity (Wildman–Crippen MR) is 130 cm³/mol. The summed E-state index contributed by atoms with van der Waals surface area (Å²) >= 11 is 1.53. The molecule has 1 aromatic heterocycles. The highest BCUT2D eigenvalue weighted by Gasteiger charge is 2.23. The molecule has 0 aliphatic carbocycles. The van der Waals surface area contributed by atoms with Gasteiger partial charge < -0.3 is 14.4 Å². The lowest BCUT2D eigenvalue weighted by molar-refractivity contribution is -0.131. The molecule has 0 spiro atoms. The molecule has 0 fully saturated rings. The Morgan fingerprint density at radius 1 is 0.909 bits per heavy atom. The Bertz CT molecular complexity index is 1270. The molecule has 0 atom stereocenters. The third-order valence-electron chi connectivity index (χ3n) is 5.91. The van der Waals surface area contributed by atoms with Crippen molar-refractivity contribution in [2.24, 2.45) is 0 Å². The number of carbonyl (C=O) groups excluding carboxylic acids is 1. The van der Waals surface area contributed by atoms with Crippen LogP contribution in [0, 0.1) is 0 Å². The normalized spacial score (nSPS) is 12.5. The smallest absolute Gasteiger partial charge is 0.229 e. The van der Waals surface area contributed by atoms with Crippen LogP contribution in [0.25, 0.3) is 21.7 Å². The number of aromatic nitrogens is 1. The van der Waals surface area contributed by atoms with Crippen LogP contribution in [0.15, 0.2) is 72.1 Å². The Morgan fingerprint density at radius 3 is 2.18 bits per heavy atom. The van der Waals surface area contributed by atoms with E-state index in [0.29, 0.717) is 24.6 Å². The topological polar surface area (TPSA) is 51.7 Å². The second-order valence-electron chi connectivity index (χ2n) is 7.95. The van der Waals surface area contributed by atoms with Crippen molar-refractivity contribution in [1.29, 1.82) is 0 Å². The van der Waals surface area contributed by atoms with Crippen LogP contribution in [0.4, 0.5) is 0 Å². The summed E-state index contributed by atoms with van der Waals surface area (Å²) < 4.78 is 10.7. The summed E-state index contributed by atoms with van der Waals surface area (Å²) in [6, 6.07) is 22.4. The minimum absolute atomic E-state index is 0.0747. The van der Waals surface area contributed by atoms with Crippen molar-refractivity contribution in [3.63, 3.8) is 0 Å². The zero-order valence-electron chi connectivity index (χ0n) is 18.6. The molecular weight excluding hydrogens is 432 g/mol. The van der Waals surface area contributed by atoms with Gasteiger partial charge in [0.25, 0.3) is 0 Å². The van der Waals surface area contributed by atoms with Gasteiger partial charge in [0, 0.05) is 24.0 Å². The van der Waals surface area contributed by atoms with E-state index >= 15 is 0 Å². The highest BCUT2D eigenvalue weighted by atomic mass is 32.1. The number of hydrogen-bond donors (Lipinski definition) is 0. The Labute approximate surface area is 197 Å². The molecule has 1 aliphatic heterocycles. The van der Waals surface area contributed by atoms with Crippen molar-refractivity contribution in [3.05, 3.63) is 88.9 Å². The van der Waals surface area contributed by atoms with E-state index in [2.05, 4.69) is 36.4 Å². The maximum absolute atomic E-state index is 13.3. The highest BCUT2D eigenvalue weighted by Crippen LogP contribution is 2.35. The lowest BCUT2D eigenvalue weighted by atomic mass is 9.97. The number of methoxy groups -OCH3 is 2. The van der Waals surface area contributed by atoms with Crippen LogP contribution in [0.5, 0.6) is 11.5 Å². The third kappa shape index (κ3) is 4.22. The summed E-state index contributed by atoms with van der Waals surface area (Å²) in [5.41, 5.74) is 6.45. The SMILES string of the molecule is COc1ccc(-c2nc(CC(=O)N3Cc4ccccc4-c4ccccc4C3)cs2)cc1OC. The van der Waals surface area contributed by atoms with Crippen LogP contribution in [-0.4, -0.2) is 30.0 Å². The first-order valence-electron chi connectivity index (χ1n) is 10.8. The fourth-order valence-corrected chi connectivity index (χ4v) is 5.06. The van der Waals surface area contributed by atoms with Crippen LogP contribution < -0.4 is 9.47 Å². The number of ether oxygens (including phenoxy) is 2. The van der Waals surface area contributed by atoms with Gasteiger partial charge >= 0.3 is 0 Å². The fourth-order valence-electron chi connectivity index (χ4n) is 4.24. The molecule has 166 valence electrons. The molecule has 0 radical (unpaired) electrons. The molecule has 33 heavy (non-hydrogen) atoms. The van der Waals surface area contributed by atoms with E-state index in [-0.39, 0.29) is 12.3 Å². The van der Waals surface area contributed by atoms with Gasteiger partial charge in [-0.1, -0.05) is 48.5 Å². The molecule has 0 saturated carbocycles. The quantitative estimate of drug-likeness (QED) is 0.393. The van der Waals surface area contributed by atoms with Crippen molar-refractivity contribution in [2.75, 3.05) is 14.2 Å². The zero-order chi connectivity index (χ0) is 22.8. The molecule has 5 nitrogen and oxygen atoms in total. The van der Waals surface area contributed by atoms with Crippen molar-refractivity contribution in [1.82, 2.24) is 9.88 Å². The first kappa shape index (κ1) is 21.2. The van der Waals surface area contributed by atoms with Gasteiger partial charge in [-0.3, -0.25) is 4.79 Å². The van der Waals surface area contributed by atoms with Gasteiger partial charge in [-0.15, -0.1) is 11.3 Å².